The number of hydrogen-bond donors (Lipinski definition) is 0. The molecule has 0 aromatic heterocycles. The number of halogens is 3. The highest BCUT2D eigenvalue weighted by Gasteiger charge is 2.38. The lowest BCUT2D eigenvalue weighted by molar-refractivity contribution is -0.137. The number of hydrogen-bond acceptors (Lipinski definition) is 4. The topological polar surface area (TPSA) is 52.6 Å². The van der Waals surface area contributed by atoms with Crippen molar-refractivity contribution in [2.24, 2.45) is 0 Å². The maximum Gasteiger partial charge on any atom is 0.416 e. The molecule has 1 saturated heterocycles. The molecular weight excluding hydrogens is 461 g/mol. The fourth-order valence-electron chi connectivity index (χ4n) is 3.81. The van der Waals surface area contributed by atoms with E-state index in [4.69, 9.17) is 8.37 Å². The molecule has 0 unspecified atom stereocenters. The molecule has 1 aliphatic rings. The predicted octanol–water partition coefficient (Wildman–Crippen LogP) is 6.78. The Kier molecular flexibility index (Phi) is 7.51. The molecule has 32 heavy (non-hydrogen) atoms. The van der Waals surface area contributed by atoms with Gasteiger partial charge in [-0.25, -0.2) is 3.63 Å². The second kappa shape index (κ2) is 9.65. The van der Waals surface area contributed by atoms with E-state index < -0.39 is 32.2 Å². The van der Waals surface area contributed by atoms with E-state index in [-0.39, 0.29) is 4.90 Å². The molecule has 0 saturated carbocycles. The average Bonchev–Trinajstić information content (AvgIpc) is 3.18. The van der Waals surface area contributed by atoms with E-state index >= 15 is 0 Å². The summed E-state index contributed by atoms with van der Waals surface area (Å²) >= 11 is 0. The van der Waals surface area contributed by atoms with Crippen molar-refractivity contribution in [3.63, 3.8) is 0 Å². The van der Waals surface area contributed by atoms with Crippen molar-refractivity contribution in [2.75, 3.05) is 18.1 Å². The van der Waals surface area contributed by atoms with Crippen LogP contribution in [0.2, 0.25) is 0 Å². The highest BCUT2D eigenvalue weighted by molar-refractivity contribution is 8.33. The van der Waals surface area contributed by atoms with Crippen molar-refractivity contribution >= 4 is 20.4 Å². The second-order valence-corrected chi connectivity index (χ2v) is 12.9. The van der Waals surface area contributed by atoms with Gasteiger partial charge in [0.1, 0.15) is 5.75 Å². The molecule has 9 heteroatoms. The molecule has 0 N–H and O–H groups in total. The molecular formula is C23H29F3O4S2. The number of aryl methyl sites for hydroxylation is 2. The fraction of sp³-hybridized carbons (Fsp3) is 0.478. The summed E-state index contributed by atoms with van der Waals surface area (Å²) in [5.74, 6) is 2.00. The highest BCUT2D eigenvalue weighted by Crippen LogP contribution is 2.63. The normalized spacial score (nSPS) is 17.3. The second-order valence-electron chi connectivity index (χ2n) is 8.06. The maximum absolute atomic E-state index is 13.0. The van der Waals surface area contributed by atoms with Crippen LogP contribution in [0.1, 0.15) is 49.3 Å². The third-order valence-corrected chi connectivity index (χ3v) is 11.1. The monoisotopic (exact) mass is 490 g/mol. The molecule has 1 fully saturated rings. The van der Waals surface area contributed by atoms with E-state index in [1.807, 2.05) is 26.0 Å². The van der Waals surface area contributed by atoms with E-state index in [0.717, 1.165) is 71.7 Å². The Hall–Kier alpha value is -1.71. The van der Waals surface area contributed by atoms with Gasteiger partial charge in [-0.05, 0) is 80.6 Å². The maximum atomic E-state index is 13.0. The molecule has 2 aromatic rings. The van der Waals surface area contributed by atoms with Crippen LogP contribution in [0.4, 0.5) is 13.2 Å². The van der Waals surface area contributed by atoms with Gasteiger partial charge in [-0.1, -0.05) is 23.7 Å². The summed E-state index contributed by atoms with van der Waals surface area (Å²) in [5, 5.41) is 0. The largest absolute Gasteiger partial charge is 0.493 e. The van der Waals surface area contributed by atoms with E-state index in [2.05, 4.69) is 6.92 Å². The summed E-state index contributed by atoms with van der Waals surface area (Å²) in [7, 11) is -6.36. The van der Waals surface area contributed by atoms with Gasteiger partial charge >= 0.3 is 16.3 Å². The van der Waals surface area contributed by atoms with Crippen LogP contribution in [0.25, 0.3) is 0 Å². The van der Waals surface area contributed by atoms with E-state index in [9.17, 15) is 21.6 Å². The molecule has 1 aliphatic heterocycles. The first-order valence-electron chi connectivity index (χ1n) is 10.6. The van der Waals surface area contributed by atoms with Crippen LogP contribution < -0.4 is 4.74 Å². The fourth-order valence-corrected chi connectivity index (χ4v) is 9.62. The van der Waals surface area contributed by atoms with Crippen LogP contribution in [0, 0.1) is 13.8 Å². The van der Waals surface area contributed by atoms with E-state index in [0.29, 0.717) is 18.1 Å². The number of alkyl halides is 3. The standard InChI is InChI=1S/C23H29F3O4S2/c1-4-5-12-29-22-17(2)15-21(16-18(22)3)31(13-6-7-14-31)30-32(27,28)20-10-8-19(9-11-20)23(24,25)26/h8-11,15-16H,4-7,12-14H2,1-3H3. The molecule has 0 spiro atoms. The third-order valence-electron chi connectivity index (χ3n) is 5.50. The lowest BCUT2D eigenvalue weighted by atomic mass is 10.1. The van der Waals surface area contributed by atoms with Crippen molar-refractivity contribution in [2.45, 2.75) is 62.4 Å². The first kappa shape index (κ1) is 24.9. The molecule has 4 nitrogen and oxygen atoms in total. The molecule has 0 atom stereocenters. The Morgan fingerprint density at radius 3 is 2.06 bits per heavy atom. The van der Waals surface area contributed by atoms with Gasteiger partial charge in [0, 0.05) is 16.4 Å². The Morgan fingerprint density at radius 1 is 1.00 bits per heavy atom. The van der Waals surface area contributed by atoms with Gasteiger partial charge in [0.15, 0.2) is 0 Å². The van der Waals surface area contributed by atoms with Crippen molar-refractivity contribution in [1.82, 2.24) is 0 Å². The molecule has 0 amide bonds. The molecule has 1 heterocycles. The minimum absolute atomic E-state index is 0.266. The molecule has 3 rings (SSSR count). The zero-order valence-corrected chi connectivity index (χ0v) is 20.1. The minimum Gasteiger partial charge on any atom is -0.493 e. The van der Waals surface area contributed by atoms with Crippen LogP contribution in [0.5, 0.6) is 5.75 Å². The third kappa shape index (κ3) is 5.43. The average molecular weight is 491 g/mol. The van der Waals surface area contributed by atoms with Gasteiger partial charge in [-0.15, -0.1) is 0 Å². The number of unbranched alkanes of at least 4 members (excludes halogenated alkanes) is 1. The minimum atomic E-state index is -4.53. The summed E-state index contributed by atoms with van der Waals surface area (Å²) in [4.78, 5) is 0.570. The summed E-state index contributed by atoms with van der Waals surface area (Å²) in [5.41, 5.74) is 0.945. The summed E-state index contributed by atoms with van der Waals surface area (Å²) in [6, 6.07) is 7.34. The lowest BCUT2D eigenvalue weighted by Gasteiger charge is -2.35. The van der Waals surface area contributed by atoms with Crippen molar-refractivity contribution in [1.29, 1.82) is 0 Å². The van der Waals surface area contributed by atoms with Crippen LogP contribution in [-0.2, 0) is 19.9 Å². The predicted molar refractivity (Wildman–Crippen MR) is 121 cm³/mol. The first-order chi connectivity index (χ1) is 15.0. The Balaban J connectivity index is 1.92. The number of benzene rings is 2. The molecule has 0 bridgehead atoms. The lowest BCUT2D eigenvalue weighted by Crippen LogP contribution is -2.15. The molecule has 0 radical (unpaired) electrons. The Bertz CT molecular complexity index is 1020. The highest BCUT2D eigenvalue weighted by atomic mass is 32.3. The molecule has 2 aromatic carbocycles. The Labute approximate surface area is 189 Å². The summed E-state index contributed by atoms with van der Waals surface area (Å²) in [6.45, 7) is 6.58. The smallest absolute Gasteiger partial charge is 0.416 e. The van der Waals surface area contributed by atoms with Gasteiger partial charge in [0.05, 0.1) is 17.1 Å². The molecule has 178 valence electrons. The zero-order chi connectivity index (χ0) is 23.6. The van der Waals surface area contributed by atoms with Gasteiger partial charge in [0.25, 0.3) is 0 Å². The van der Waals surface area contributed by atoms with Gasteiger partial charge < -0.3 is 4.74 Å². The van der Waals surface area contributed by atoms with Crippen LogP contribution in [-0.4, -0.2) is 26.5 Å². The van der Waals surface area contributed by atoms with Gasteiger partial charge in [-0.3, -0.25) is 0 Å². The van der Waals surface area contributed by atoms with Crippen LogP contribution in [0.3, 0.4) is 0 Å². The van der Waals surface area contributed by atoms with Crippen LogP contribution >= 0.6 is 10.3 Å². The van der Waals surface area contributed by atoms with E-state index in [1.165, 1.54) is 0 Å². The van der Waals surface area contributed by atoms with Crippen molar-refractivity contribution in [3.8, 4) is 5.75 Å². The van der Waals surface area contributed by atoms with Gasteiger partial charge in [0.2, 0.25) is 0 Å². The Morgan fingerprint density at radius 2 is 1.56 bits per heavy atom. The van der Waals surface area contributed by atoms with Crippen LogP contribution in [0.15, 0.2) is 46.2 Å². The quantitative estimate of drug-likeness (QED) is 0.383. The molecule has 0 aliphatic carbocycles. The number of ether oxygens (including phenoxy) is 1. The first-order valence-corrected chi connectivity index (χ1v) is 13.9. The van der Waals surface area contributed by atoms with Crippen molar-refractivity contribution < 1.29 is 30.0 Å². The SMILES string of the molecule is CCCCOc1c(C)cc(S2(OS(=O)(=O)c3ccc(C(F)(F)F)cc3)CCCC2)cc1C. The zero-order valence-electron chi connectivity index (χ0n) is 18.5. The number of rotatable bonds is 8. The summed E-state index contributed by atoms with van der Waals surface area (Å²) in [6.07, 6.45) is -0.879. The van der Waals surface area contributed by atoms with E-state index in [1.54, 1.807) is 0 Å². The summed E-state index contributed by atoms with van der Waals surface area (Å²) < 4.78 is 76.4. The van der Waals surface area contributed by atoms with Crippen molar-refractivity contribution in [3.05, 3.63) is 53.1 Å². The van der Waals surface area contributed by atoms with Gasteiger partial charge in [-0.2, -0.15) is 21.6 Å².